The van der Waals surface area contributed by atoms with Gasteiger partial charge in [-0.3, -0.25) is 0 Å². The molecule has 0 aromatic rings. The van der Waals surface area contributed by atoms with Gasteiger partial charge in [-0.25, -0.2) is 0 Å². The van der Waals surface area contributed by atoms with Crippen LogP contribution in [0, 0.1) is 0 Å². The van der Waals surface area contributed by atoms with E-state index in [4.69, 9.17) is 22.4 Å². The second kappa shape index (κ2) is 7.92. The molecule has 0 fully saturated rings. The van der Waals surface area contributed by atoms with Crippen molar-refractivity contribution in [3.05, 3.63) is 0 Å². The quantitative estimate of drug-likeness (QED) is 0.355. The second-order valence-corrected chi connectivity index (χ2v) is 2.87. The lowest BCUT2D eigenvalue weighted by Gasteiger charge is -2.16. The lowest BCUT2D eigenvalue weighted by atomic mass is 10.1. The lowest BCUT2D eigenvalue weighted by Crippen LogP contribution is -2.37. The molecular formula is C5H13BNO4P. The molecule has 70 valence electrons. The fraction of sp³-hybridized carbons (Fsp3) is 1.00. The highest BCUT2D eigenvalue weighted by molar-refractivity contribution is 7.39. The van der Waals surface area contributed by atoms with Crippen molar-refractivity contribution in [2.45, 2.75) is 6.04 Å². The Morgan fingerprint density at radius 2 is 2.17 bits per heavy atom. The molecule has 0 aliphatic carbocycles. The van der Waals surface area contributed by atoms with E-state index in [2.05, 4.69) is 9.84 Å². The number of hydrogen-bond donors (Lipinski definition) is 3. The third-order valence-electron chi connectivity index (χ3n) is 1.17. The minimum absolute atomic E-state index is 0.107. The van der Waals surface area contributed by atoms with Gasteiger partial charge in [-0.05, 0) is 6.44 Å². The Kier molecular flexibility index (Phi) is 8.11. The van der Waals surface area contributed by atoms with Crippen LogP contribution < -0.4 is 5.32 Å². The number of methoxy groups -OCH3 is 1. The van der Waals surface area contributed by atoms with Crippen molar-refractivity contribution >= 4 is 16.4 Å². The first-order valence-corrected chi connectivity index (χ1v) is 4.60. The Labute approximate surface area is 74.5 Å². The second-order valence-electron chi connectivity index (χ2n) is 2.11. The fourth-order valence-corrected chi connectivity index (χ4v) is 1.00. The van der Waals surface area contributed by atoms with Crippen LogP contribution in [0.15, 0.2) is 0 Å². The molecule has 0 saturated heterocycles. The van der Waals surface area contributed by atoms with Crippen molar-refractivity contribution < 1.29 is 19.0 Å². The molecule has 3 N–H and O–H groups in total. The normalized spacial score (nSPS) is 13.7. The van der Waals surface area contributed by atoms with E-state index in [0.29, 0.717) is 13.1 Å². The zero-order chi connectivity index (χ0) is 9.40. The van der Waals surface area contributed by atoms with E-state index in [0.717, 1.165) is 0 Å². The van der Waals surface area contributed by atoms with Crippen LogP contribution in [0.1, 0.15) is 0 Å². The van der Waals surface area contributed by atoms with Crippen LogP contribution in [0.3, 0.4) is 0 Å². The first kappa shape index (κ1) is 12.3. The molecule has 0 aliphatic heterocycles. The molecule has 0 rings (SSSR count). The number of rotatable bonds is 7. The summed E-state index contributed by atoms with van der Waals surface area (Å²) >= 11 is 0. The van der Waals surface area contributed by atoms with Gasteiger partial charge in [0, 0.05) is 7.11 Å². The van der Waals surface area contributed by atoms with E-state index in [1.807, 2.05) is 0 Å². The van der Waals surface area contributed by atoms with Gasteiger partial charge in [0.25, 0.3) is 0 Å². The molecule has 0 aromatic heterocycles. The first-order chi connectivity index (χ1) is 5.70. The summed E-state index contributed by atoms with van der Waals surface area (Å²) in [6, 6.07) is -0.107. The van der Waals surface area contributed by atoms with Crippen LogP contribution in [-0.2, 0) is 9.26 Å². The lowest BCUT2D eigenvalue weighted by molar-refractivity contribution is 0.132. The molecule has 0 saturated carbocycles. The van der Waals surface area contributed by atoms with Crippen molar-refractivity contribution in [3.8, 4) is 0 Å². The van der Waals surface area contributed by atoms with Crippen molar-refractivity contribution in [1.82, 2.24) is 5.32 Å². The van der Waals surface area contributed by atoms with Gasteiger partial charge in [0.2, 0.25) is 0 Å². The van der Waals surface area contributed by atoms with Gasteiger partial charge in [0.1, 0.15) is 0 Å². The zero-order valence-corrected chi connectivity index (χ0v) is 7.83. The Morgan fingerprint density at radius 3 is 2.58 bits per heavy atom. The van der Waals surface area contributed by atoms with Crippen molar-refractivity contribution in [3.63, 3.8) is 0 Å². The van der Waals surface area contributed by atoms with Gasteiger partial charge in [-0.2, -0.15) is 0 Å². The maximum Gasteiger partial charge on any atom is 0.327 e. The first-order valence-electron chi connectivity index (χ1n) is 3.44. The van der Waals surface area contributed by atoms with Gasteiger partial charge in [0.05, 0.1) is 27.1 Å². The SMILES string of the molecule is [B]CNC(COC)COP(O)O. The fourth-order valence-electron chi connectivity index (χ4n) is 0.690. The number of nitrogens with one attached hydrogen (secondary N) is 1. The summed E-state index contributed by atoms with van der Waals surface area (Å²) in [6.07, 6.45) is 0.298. The average Bonchev–Trinajstić information content (AvgIpc) is 2.01. The molecule has 1 atom stereocenters. The molecule has 2 radical (unpaired) electrons. The predicted octanol–water partition coefficient (Wildman–Crippen LogP) is -1.05. The summed E-state index contributed by atoms with van der Waals surface area (Å²) in [5.74, 6) is 0. The molecule has 0 aromatic carbocycles. The van der Waals surface area contributed by atoms with Crippen LogP contribution in [0.25, 0.3) is 0 Å². The van der Waals surface area contributed by atoms with Crippen LogP contribution in [0.2, 0.25) is 0 Å². The largest absolute Gasteiger partial charge is 0.383 e. The molecule has 1 unspecified atom stereocenters. The third kappa shape index (κ3) is 6.97. The Balaban J connectivity index is 3.48. The van der Waals surface area contributed by atoms with Crippen molar-refractivity contribution in [2.75, 3.05) is 26.8 Å². The van der Waals surface area contributed by atoms with E-state index in [1.165, 1.54) is 0 Å². The summed E-state index contributed by atoms with van der Waals surface area (Å²) in [7, 11) is 4.48. The standard InChI is InChI=1S/C5H13BNO4P/c1-10-2-5(7-4-6)3-11-12(8)9/h5,7-9H,2-4H2,1H3. The maximum absolute atomic E-state index is 8.44. The summed E-state index contributed by atoms with van der Waals surface area (Å²) in [6.45, 7) is 0.587. The Bertz CT molecular complexity index is 101. The van der Waals surface area contributed by atoms with E-state index >= 15 is 0 Å². The molecule has 5 nitrogen and oxygen atoms in total. The summed E-state index contributed by atoms with van der Waals surface area (Å²) < 4.78 is 9.42. The molecule has 7 heteroatoms. The number of ether oxygens (including phenoxy) is 1. The number of hydrogen-bond acceptors (Lipinski definition) is 5. The van der Waals surface area contributed by atoms with Gasteiger partial charge in [0.15, 0.2) is 0 Å². The minimum Gasteiger partial charge on any atom is -0.383 e. The molecule has 0 aliphatic rings. The summed E-state index contributed by atoms with van der Waals surface area (Å²) in [4.78, 5) is 16.9. The van der Waals surface area contributed by atoms with Gasteiger partial charge in [-0.1, -0.05) is 0 Å². The monoisotopic (exact) mass is 193 g/mol. The van der Waals surface area contributed by atoms with Crippen LogP contribution in [0.5, 0.6) is 0 Å². The molecule has 0 bridgehead atoms. The van der Waals surface area contributed by atoms with Gasteiger partial charge < -0.3 is 24.4 Å². The van der Waals surface area contributed by atoms with E-state index < -0.39 is 8.60 Å². The highest BCUT2D eigenvalue weighted by Gasteiger charge is 2.09. The van der Waals surface area contributed by atoms with Crippen molar-refractivity contribution in [2.24, 2.45) is 0 Å². The summed E-state index contributed by atoms with van der Waals surface area (Å²) in [5, 5.41) is 2.85. The smallest absolute Gasteiger partial charge is 0.327 e. The van der Waals surface area contributed by atoms with E-state index in [-0.39, 0.29) is 12.6 Å². The molecule has 0 spiro atoms. The van der Waals surface area contributed by atoms with Gasteiger partial charge in [-0.15, -0.1) is 0 Å². The molecule has 12 heavy (non-hydrogen) atoms. The van der Waals surface area contributed by atoms with Crippen LogP contribution in [-0.4, -0.2) is 50.4 Å². The Morgan fingerprint density at radius 1 is 1.50 bits per heavy atom. The van der Waals surface area contributed by atoms with Crippen LogP contribution >= 0.6 is 8.60 Å². The topological polar surface area (TPSA) is 71.0 Å². The summed E-state index contributed by atoms with van der Waals surface area (Å²) in [5.41, 5.74) is 0. The van der Waals surface area contributed by atoms with Gasteiger partial charge >= 0.3 is 8.60 Å². The van der Waals surface area contributed by atoms with E-state index in [1.54, 1.807) is 7.11 Å². The van der Waals surface area contributed by atoms with Crippen molar-refractivity contribution in [1.29, 1.82) is 0 Å². The molecule has 0 heterocycles. The highest BCUT2D eigenvalue weighted by atomic mass is 31.2. The molecule has 0 amide bonds. The van der Waals surface area contributed by atoms with E-state index in [9.17, 15) is 0 Å². The maximum atomic E-state index is 8.44. The minimum atomic E-state index is -2.29. The highest BCUT2D eigenvalue weighted by Crippen LogP contribution is 2.23. The predicted molar refractivity (Wildman–Crippen MR) is 46.7 cm³/mol. The molecular weight excluding hydrogens is 180 g/mol. The zero-order valence-electron chi connectivity index (χ0n) is 6.93. The third-order valence-corrected chi connectivity index (χ3v) is 1.55. The average molecular weight is 193 g/mol. The Hall–Kier alpha value is 0.295. The van der Waals surface area contributed by atoms with Crippen LogP contribution in [0.4, 0.5) is 0 Å².